The second-order valence-corrected chi connectivity index (χ2v) is 1.83. The lowest BCUT2D eigenvalue weighted by Crippen LogP contribution is -2.29. The minimum atomic E-state index is -1.68. The molecule has 2 rings (SSSR count). The summed E-state index contributed by atoms with van der Waals surface area (Å²) >= 11 is 0. The number of hydrogen-bond donors (Lipinski definition) is 1. The van der Waals surface area contributed by atoms with E-state index < -0.39 is 6.56 Å². The van der Waals surface area contributed by atoms with Gasteiger partial charge >= 0.3 is 0 Å². The largest absolute Gasteiger partial charge is 0.493 e. The second kappa shape index (κ2) is 1.77. The van der Waals surface area contributed by atoms with Crippen molar-refractivity contribution in [2.24, 2.45) is 0 Å². The van der Waals surface area contributed by atoms with Crippen molar-refractivity contribution in [3.8, 4) is 0 Å². The van der Waals surface area contributed by atoms with Crippen molar-refractivity contribution in [2.75, 3.05) is 13.1 Å². The Balaban J connectivity index is 2.35. The number of fused-ring (bicyclic) bond motifs is 1. The summed E-state index contributed by atoms with van der Waals surface area (Å²) in [7, 11) is 0. The summed E-state index contributed by atoms with van der Waals surface area (Å²) in [4.78, 5) is 0. The van der Waals surface area contributed by atoms with Gasteiger partial charge in [-0.3, -0.25) is 5.01 Å². The molecule has 0 aromatic heterocycles. The average Bonchev–Trinajstić information content (AvgIpc) is 2.34. The molecule has 2 aliphatic heterocycles. The first-order chi connectivity index (χ1) is 5.20. The second-order valence-electron chi connectivity index (χ2n) is 1.83. The first kappa shape index (κ1) is 3.27. The number of rotatable bonds is 0. The molecule has 0 atom stereocenters. The van der Waals surface area contributed by atoms with Crippen LogP contribution in [0.4, 0.5) is 0 Å². The number of nitrogens with zero attached hydrogens (tertiary/aromatic N) is 1. The Morgan fingerprint density at radius 2 is 2.89 bits per heavy atom. The average molecular weight is 126 g/mol. The van der Waals surface area contributed by atoms with Crippen LogP contribution < -0.4 is 5.43 Å². The molecular weight excluding hydrogens is 116 g/mol. The first-order valence-electron chi connectivity index (χ1n) is 3.78. The fraction of sp³-hybridized carbons (Fsp3) is 0.333. The van der Waals surface area contributed by atoms with Gasteiger partial charge in [-0.1, -0.05) is 0 Å². The maximum absolute atomic E-state index is 7.40. The number of hydrazine groups is 1. The summed E-state index contributed by atoms with van der Waals surface area (Å²) in [5.41, 5.74) is 3.48. The van der Waals surface area contributed by atoms with Crippen LogP contribution >= 0.6 is 0 Å². The summed E-state index contributed by atoms with van der Waals surface area (Å²) < 4.78 is 19.6. The van der Waals surface area contributed by atoms with Crippen molar-refractivity contribution >= 4 is 0 Å². The van der Waals surface area contributed by atoms with Crippen LogP contribution in [0.3, 0.4) is 0 Å². The molecule has 0 aromatic carbocycles. The van der Waals surface area contributed by atoms with Crippen LogP contribution in [0.5, 0.6) is 0 Å². The molecule has 2 aliphatic rings. The Kier molecular flexibility index (Phi) is 0.644. The van der Waals surface area contributed by atoms with Crippen LogP contribution in [-0.4, -0.2) is 18.1 Å². The van der Waals surface area contributed by atoms with Crippen molar-refractivity contribution in [3.63, 3.8) is 0 Å². The standard InChI is InChI=1S/C6H8N2O/c1-2-7-8-3-4-9-5-6(1)8/h1,3-4,7H,2,5H2/i5D2. The molecule has 0 radical (unpaired) electrons. The molecule has 0 amide bonds. The van der Waals surface area contributed by atoms with Gasteiger partial charge in [-0.2, -0.15) is 0 Å². The zero-order chi connectivity index (χ0) is 7.90. The molecule has 0 aromatic rings. The van der Waals surface area contributed by atoms with E-state index in [0.29, 0.717) is 12.2 Å². The van der Waals surface area contributed by atoms with Crippen LogP contribution in [0.2, 0.25) is 0 Å². The van der Waals surface area contributed by atoms with Crippen LogP contribution in [0.15, 0.2) is 24.2 Å². The molecule has 0 saturated heterocycles. The number of hydrogen-bond acceptors (Lipinski definition) is 3. The predicted octanol–water partition coefficient (Wildman–Crippen LogP) is 0.192. The topological polar surface area (TPSA) is 24.5 Å². The molecule has 2 heterocycles. The van der Waals surface area contributed by atoms with Gasteiger partial charge in [0.15, 0.2) is 0 Å². The summed E-state index contributed by atoms with van der Waals surface area (Å²) in [6.07, 6.45) is 4.76. The van der Waals surface area contributed by atoms with Gasteiger partial charge in [0.2, 0.25) is 0 Å². The molecule has 0 bridgehead atoms. The van der Waals surface area contributed by atoms with Crippen molar-refractivity contribution in [2.45, 2.75) is 0 Å². The molecule has 48 valence electrons. The third-order valence-corrected chi connectivity index (χ3v) is 1.26. The smallest absolute Gasteiger partial charge is 0.129 e. The van der Waals surface area contributed by atoms with Gasteiger partial charge in [0.1, 0.15) is 12.8 Å². The van der Waals surface area contributed by atoms with Crippen molar-refractivity contribution in [3.05, 3.63) is 24.2 Å². The van der Waals surface area contributed by atoms with Crippen molar-refractivity contribution in [1.29, 1.82) is 0 Å². The van der Waals surface area contributed by atoms with Crippen LogP contribution in [0.1, 0.15) is 2.74 Å². The molecule has 0 unspecified atom stereocenters. The van der Waals surface area contributed by atoms with Gasteiger partial charge in [-0.05, 0) is 6.08 Å². The zero-order valence-corrected chi connectivity index (χ0v) is 4.79. The van der Waals surface area contributed by atoms with Crippen molar-refractivity contribution < 1.29 is 7.48 Å². The monoisotopic (exact) mass is 126 g/mol. The highest BCUT2D eigenvalue weighted by atomic mass is 16.5. The minimum absolute atomic E-state index is 0.528. The van der Waals surface area contributed by atoms with Gasteiger partial charge in [-0.15, -0.1) is 0 Å². The van der Waals surface area contributed by atoms with E-state index in [2.05, 4.69) is 5.43 Å². The van der Waals surface area contributed by atoms with Gasteiger partial charge in [0, 0.05) is 6.54 Å². The fourth-order valence-electron chi connectivity index (χ4n) is 0.834. The van der Waals surface area contributed by atoms with Gasteiger partial charge in [0.25, 0.3) is 0 Å². The highest BCUT2D eigenvalue weighted by Gasteiger charge is 2.14. The van der Waals surface area contributed by atoms with E-state index in [4.69, 9.17) is 7.48 Å². The number of ether oxygens (including phenoxy) is 1. The lowest BCUT2D eigenvalue weighted by atomic mass is 10.4. The predicted molar refractivity (Wildman–Crippen MR) is 33.0 cm³/mol. The molecule has 0 aliphatic carbocycles. The van der Waals surface area contributed by atoms with E-state index in [-0.39, 0.29) is 0 Å². The fourth-order valence-corrected chi connectivity index (χ4v) is 0.834. The van der Waals surface area contributed by atoms with E-state index in [1.54, 1.807) is 17.3 Å². The van der Waals surface area contributed by atoms with Crippen LogP contribution in [0.25, 0.3) is 0 Å². The Labute approximate surface area is 56.4 Å². The maximum atomic E-state index is 7.40. The van der Waals surface area contributed by atoms with E-state index in [9.17, 15) is 0 Å². The van der Waals surface area contributed by atoms with Gasteiger partial charge < -0.3 is 4.74 Å². The van der Waals surface area contributed by atoms with Gasteiger partial charge in [-0.25, -0.2) is 5.43 Å². The Morgan fingerprint density at radius 1 is 1.89 bits per heavy atom. The molecule has 3 nitrogen and oxygen atoms in total. The maximum Gasteiger partial charge on any atom is 0.129 e. The van der Waals surface area contributed by atoms with Gasteiger partial charge in [0.05, 0.1) is 14.6 Å². The molecule has 3 heteroatoms. The lowest BCUT2D eigenvalue weighted by Gasteiger charge is -2.20. The quantitative estimate of drug-likeness (QED) is 0.501. The highest BCUT2D eigenvalue weighted by molar-refractivity contribution is 5.12. The van der Waals surface area contributed by atoms with E-state index in [1.807, 2.05) is 0 Å². The van der Waals surface area contributed by atoms with Crippen molar-refractivity contribution in [1.82, 2.24) is 10.4 Å². The van der Waals surface area contributed by atoms with Crippen LogP contribution in [-0.2, 0) is 4.74 Å². The van der Waals surface area contributed by atoms with E-state index >= 15 is 0 Å². The SMILES string of the molecule is [2H]C1([2H])OC=CN2NCC=C21. The Hall–Kier alpha value is -0.960. The summed E-state index contributed by atoms with van der Waals surface area (Å²) in [6, 6.07) is 0. The van der Waals surface area contributed by atoms with Crippen LogP contribution in [0, 0.1) is 0 Å². The molecule has 1 N–H and O–H groups in total. The lowest BCUT2D eigenvalue weighted by molar-refractivity contribution is 0.203. The number of nitrogens with one attached hydrogen (secondary N) is 1. The summed E-state index contributed by atoms with van der Waals surface area (Å²) in [6.45, 7) is -1.03. The molecule has 0 saturated carbocycles. The Bertz CT molecular complexity index is 237. The molecule has 0 fully saturated rings. The third-order valence-electron chi connectivity index (χ3n) is 1.26. The minimum Gasteiger partial charge on any atom is -0.493 e. The Morgan fingerprint density at radius 3 is 3.78 bits per heavy atom. The molecule has 0 spiro atoms. The highest BCUT2D eigenvalue weighted by Crippen LogP contribution is 2.11. The molecular formula is C6H8N2O. The third kappa shape index (κ3) is 0.695. The summed E-state index contributed by atoms with van der Waals surface area (Å²) in [5, 5.41) is 1.63. The van der Waals surface area contributed by atoms with E-state index in [1.165, 1.54) is 6.26 Å². The first-order valence-corrected chi connectivity index (χ1v) is 2.78. The molecule has 9 heavy (non-hydrogen) atoms. The normalized spacial score (nSPS) is 32.0. The van der Waals surface area contributed by atoms with E-state index in [0.717, 1.165) is 0 Å². The zero-order valence-electron chi connectivity index (χ0n) is 6.79. The summed E-state index contributed by atoms with van der Waals surface area (Å²) in [5.74, 6) is 0.